The maximum Gasteiger partial charge on any atom is 0.419 e. The molecule has 0 aromatic carbocycles. The minimum absolute atomic E-state index is 0.537. The van der Waals surface area contributed by atoms with Crippen LogP contribution >= 0.6 is 22.6 Å². The number of nitrogen functional groups attached to an aromatic ring is 1. The van der Waals surface area contributed by atoms with Crippen molar-refractivity contribution in [3.05, 3.63) is 21.0 Å². The highest BCUT2D eigenvalue weighted by Gasteiger charge is 2.39. The molecule has 15 heavy (non-hydrogen) atoms. The first-order valence-corrected chi connectivity index (χ1v) is 4.62. The monoisotopic (exact) mass is 338 g/mol. The average molecular weight is 338 g/mol. The van der Waals surface area contributed by atoms with Crippen molar-refractivity contribution in [1.82, 2.24) is 4.98 Å². The second-order valence-corrected chi connectivity index (χ2v) is 3.61. The summed E-state index contributed by atoms with van der Waals surface area (Å²) >= 11 is 1.24. The summed E-state index contributed by atoms with van der Waals surface area (Å²) in [7, 11) is 0. The molecule has 0 saturated carbocycles. The van der Waals surface area contributed by atoms with E-state index in [0.717, 1.165) is 6.20 Å². The van der Waals surface area contributed by atoms with Crippen molar-refractivity contribution in [2.75, 3.05) is 5.73 Å². The Morgan fingerprint density at radius 2 is 1.87 bits per heavy atom. The number of halogens is 6. The van der Waals surface area contributed by atoms with Gasteiger partial charge in [0.25, 0.3) is 6.43 Å². The normalized spacial score (nSPS) is 12.2. The quantitative estimate of drug-likeness (QED) is 0.485. The first-order valence-electron chi connectivity index (χ1n) is 3.54. The molecule has 0 spiro atoms. The van der Waals surface area contributed by atoms with Crippen molar-refractivity contribution in [3.63, 3.8) is 0 Å². The summed E-state index contributed by atoms with van der Waals surface area (Å²) < 4.78 is 61.5. The Bertz CT molecular complexity index is 376. The number of anilines is 1. The van der Waals surface area contributed by atoms with E-state index in [4.69, 9.17) is 5.73 Å². The molecule has 1 aromatic rings. The lowest BCUT2D eigenvalue weighted by Crippen LogP contribution is -2.15. The molecule has 0 radical (unpaired) electrons. The van der Waals surface area contributed by atoms with Gasteiger partial charge in [-0.15, -0.1) is 0 Å². The lowest BCUT2D eigenvalue weighted by Gasteiger charge is -2.15. The molecule has 84 valence electrons. The number of pyridine rings is 1. The fourth-order valence-corrected chi connectivity index (χ4v) is 1.76. The van der Waals surface area contributed by atoms with Crippen LogP contribution in [0.1, 0.15) is 17.6 Å². The third-order valence-corrected chi connectivity index (χ3v) is 2.42. The molecular formula is C7H4F5IN2. The molecule has 1 aromatic heterocycles. The topological polar surface area (TPSA) is 38.9 Å². The minimum Gasteiger partial charge on any atom is -0.397 e. The van der Waals surface area contributed by atoms with Gasteiger partial charge in [-0.1, -0.05) is 0 Å². The molecule has 8 heteroatoms. The van der Waals surface area contributed by atoms with Crippen LogP contribution in [0.3, 0.4) is 0 Å². The predicted molar refractivity (Wildman–Crippen MR) is 51.3 cm³/mol. The second kappa shape index (κ2) is 4.06. The molecule has 0 aliphatic carbocycles. The zero-order valence-electron chi connectivity index (χ0n) is 6.95. The Balaban J connectivity index is 3.53. The molecule has 0 aliphatic heterocycles. The molecule has 0 unspecified atom stereocenters. The molecule has 2 N–H and O–H groups in total. The zero-order valence-corrected chi connectivity index (χ0v) is 9.10. The van der Waals surface area contributed by atoms with Crippen LogP contribution in [0, 0.1) is 3.70 Å². The van der Waals surface area contributed by atoms with Gasteiger partial charge < -0.3 is 5.73 Å². The fraction of sp³-hybridized carbons (Fsp3) is 0.286. The van der Waals surface area contributed by atoms with Gasteiger partial charge in [-0.05, 0) is 22.6 Å². The van der Waals surface area contributed by atoms with E-state index in [0.29, 0.717) is 0 Å². The van der Waals surface area contributed by atoms with Gasteiger partial charge in [0.1, 0.15) is 3.70 Å². The van der Waals surface area contributed by atoms with E-state index in [1.807, 2.05) is 0 Å². The van der Waals surface area contributed by atoms with Crippen molar-refractivity contribution < 1.29 is 22.0 Å². The number of nitrogens with zero attached hydrogens (tertiary/aromatic N) is 1. The number of nitrogens with two attached hydrogens (primary N) is 1. The standard InChI is InChI=1S/C7H4F5IN2/c8-5(9)3-2(14)1-15-6(13)4(3)7(10,11)12/h1,5H,14H2. The first-order chi connectivity index (χ1) is 6.75. The highest BCUT2D eigenvalue weighted by molar-refractivity contribution is 14.1. The summed E-state index contributed by atoms with van der Waals surface area (Å²) in [5, 5.41) is 0. The van der Waals surface area contributed by atoms with Gasteiger partial charge in [-0.3, -0.25) is 0 Å². The average Bonchev–Trinajstić information content (AvgIpc) is 2.05. The van der Waals surface area contributed by atoms with Crippen LogP contribution in [0.25, 0.3) is 0 Å². The summed E-state index contributed by atoms with van der Waals surface area (Å²) in [6, 6.07) is 0. The van der Waals surface area contributed by atoms with Crippen LogP contribution in [0.2, 0.25) is 0 Å². The van der Waals surface area contributed by atoms with E-state index < -0.39 is 33.1 Å². The van der Waals surface area contributed by atoms with Gasteiger partial charge in [0.05, 0.1) is 23.0 Å². The lowest BCUT2D eigenvalue weighted by molar-refractivity contribution is -0.140. The van der Waals surface area contributed by atoms with Crippen molar-refractivity contribution in [1.29, 1.82) is 0 Å². The smallest absolute Gasteiger partial charge is 0.397 e. The van der Waals surface area contributed by atoms with E-state index in [1.54, 1.807) is 0 Å². The van der Waals surface area contributed by atoms with Crippen molar-refractivity contribution in [3.8, 4) is 0 Å². The Kier molecular flexibility index (Phi) is 3.36. The summed E-state index contributed by atoms with van der Waals surface area (Å²) in [6.45, 7) is 0. The molecule has 0 atom stereocenters. The lowest BCUT2D eigenvalue weighted by atomic mass is 10.1. The number of rotatable bonds is 1. The van der Waals surface area contributed by atoms with E-state index >= 15 is 0 Å². The third-order valence-electron chi connectivity index (χ3n) is 1.61. The number of alkyl halides is 5. The van der Waals surface area contributed by atoms with Crippen LogP contribution < -0.4 is 5.73 Å². The molecule has 2 nitrogen and oxygen atoms in total. The molecule has 1 rings (SSSR count). The summed E-state index contributed by atoms with van der Waals surface area (Å²) in [6.07, 6.45) is -7.37. The van der Waals surface area contributed by atoms with Gasteiger partial charge in [-0.2, -0.15) is 13.2 Å². The predicted octanol–water partition coefficient (Wildman–Crippen LogP) is 3.22. The first kappa shape index (κ1) is 12.4. The van der Waals surface area contributed by atoms with E-state index in [2.05, 4.69) is 4.98 Å². The maximum absolute atomic E-state index is 12.4. The van der Waals surface area contributed by atoms with Crippen molar-refractivity contribution in [2.24, 2.45) is 0 Å². The number of hydrogen-bond acceptors (Lipinski definition) is 2. The minimum atomic E-state index is -4.88. The van der Waals surface area contributed by atoms with Gasteiger partial charge in [0, 0.05) is 0 Å². The Labute approximate surface area is 94.8 Å². The van der Waals surface area contributed by atoms with Gasteiger partial charge in [0.15, 0.2) is 0 Å². The van der Waals surface area contributed by atoms with Crippen molar-refractivity contribution >= 4 is 28.3 Å². The number of aromatic nitrogens is 1. The van der Waals surface area contributed by atoms with E-state index in [9.17, 15) is 22.0 Å². The molecule has 0 amide bonds. The Morgan fingerprint density at radius 3 is 2.20 bits per heavy atom. The summed E-state index contributed by atoms with van der Waals surface area (Å²) in [5.41, 5.74) is 1.72. The highest BCUT2D eigenvalue weighted by Crippen LogP contribution is 2.40. The van der Waals surface area contributed by atoms with Crippen LogP contribution in [0.4, 0.5) is 27.6 Å². The Morgan fingerprint density at radius 1 is 1.33 bits per heavy atom. The molecule has 0 saturated heterocycles. The van der Waals surface area contributed by atoms with E-state index in [-0.39, 0.29) is 0 Å². The third kappa shape index (κ3) is 2.47. The van der Waals surface area contributed by atoms with Gasteiger partial charge in [0.2, 0.25) is 0 Å². The van der Waals surface area contributed by atoms with E-state index in [1.165, 1.54) is 22.6 Å². The molecular weight excluding hydrogens is 334 g/mol. The van der Waals surface area contributed by atoms with Crippen LogP contribution in [-0.2, 0) is 6.18 Å². The summed E-state index contributed by atoms with van der Waals surface area (Å²) in [5.74, 6) is 0. The SMILES string of the molecule is Nc1cnc(I)c(C(F)(F)F)c1C(F)F. The Hall–Kier alpha value is -0.670. The molecule has 0 fully saturated rings. The maximum atomic E-state index is 12.4. The molecule has 1 heterocycles. The van der Waals surface area contributed by atoms with Crippen molar-refractivity contribution in [2.45, 2.75) is 12.6 Å². The van der Waals surface area contributed by atoms with Crippen LogP contribution in [-0.4, -0.2) is 4.98 Å². The van der Waals surface area contributed by atoms with Gasteiger partial charge in [-0.25, -0.2) is 13.8 Å². The number of hydrogen-bond donors (Lipinski definition) is 1. The summed E-state index contributed by atoms with van der Waals surface area (Å²) in [4.78, 5) is 3.30. The largest absolute Gasteiger partial charge is 0.419 e. The molecule has 0 bridgehead atoms. The second-order valence-electron chi connectivity index (χ2n) is 2.59. The molecule has 0 aliphatic rings. The highest BCUT2D eigenvalue weighted by atomic mass is 127. The zero-order chi connectivity index (χ0) is 11.8. The van der Waals surface area contributed by atoms with Gasteiger partial charge >= 0.3 is 6.18 Å². The van der Waals surface area contributed by atoms with Crippen LogP contribution in [0.5, 0.6) is 0 Å². The fourth-order valence-electron chi connectivity index (χ4n) is 1.02. The van der Waals surface area contributed by atoms with Crippen LogP contribution in [0.15, 0.2) is 6.20 Å².